The van der Waals surface area contributed by atoms with Crippen LogP contribution in [-0.2, 0) is 5.41 Å². The maximum Gasteiger partial charge on any atom is 0.255 e. The number of halogens is 1. The Morgan fingerprint density at radius 1 is 1.12 bits per heavy atom. The SMILES string of the molecule is CC1(C)CCOc2c(C(=O)NC3CN4C(=N)N[C@@H](CNC(=O)c5ccccc5F)C5NC(=N)NC54[C@@H]3O)cccc21. The minimum absolute atomic E-state index is 0.0230. The van der Waals surface area contributed by atoms with Crippen LogP contribution in [0.25, 0.3) is 0 Å². The third kappa shape index (κ3) is 4.22. The third-order valence-electron chi connectivity index (χ3n) is 8.63. The number of fused-ring (bicyclic) bond motifs is 1. The molecule has 4 heterocycles. The molecule has 0 bridgehead atoms. The fourth-order valence-electron chi connectivity index (χ4n) is 6.44. The highest BCUT2D eigenvalue weighted by Crippen LogP contribution is 2.41. The average Bonchev–Trinajstić information content (AvgIpc) is 3.43. The van der Waals surface area contributed by atoms with Gasteiger partial charge in [-0.1, -0.05) is 38.1 Å². The van der Waals surface area contributed by atoms with Gasteiger partial charge in [0.15, 0.2) is 17.6 Å². The number of nitrogens with zero attached hydrogens (tertiary/aromatic N) is 1. The van der Waals surface area contributed by atoms with Gasteiger partial charge in [0.05, 0.1) is 35.9 Å². The number of carbonyl (C=O) groups is 2. The van der Waals surface area contributed by atoms with E-state index < -0.39 is 47.5 Å². The van der Waals surface area contributed by atoms with Crippen LogP contribution in [0.5, 0.6) is 5.75 Å². The molecule has 41 heavy (non-hydrogen) atoms. The Kier molecular flexibility index (Phi) is 6.29. The zero-order valence-corrected chi connectivity index (χ0v) is 22.7. The molecule has 4 aliphatic rings. The van der Waals surface area contributed by atoms with Crippen LogP contribution in [0.1, 0.15) is 46.5 Å². The summed E-state index contributed by atoms with van der Waals surface area (Å²) in [5.74, 6) is -1.27. The van der Waals surface area contributed by atoms with Crippen LogP contribution in [0.15, 0.2) is 42.5 Å². The highest BCUT2D eigenvalue weighted by molar-refractivity contribution is 5.98. The summed E-state index contributed by atoms with van der Waals surface area (Å²) >= 11 is 0. The molecular formula is C28H33FN8O4. The number of aliphatic hydroxyl groups is 1. The molecule has 3 fully saturated rings. The van der Waals surface area contributed by atoms with Gasteiger partial charge in [0.2, 0.25) is 0 Å². The molecule has 6 rings (SSSR count). The number of aliphatic hydroxyl groups excluding tert-OH is 1. The Bertz CT molecular complexity index is 1450. The fourth-order valence-corrected chi connectivity index (χ4v) is 6.44. The standard InChI is InChI=1S/C28H33FN8O4/c1-27(2)10-11-41-20-15(7-5-8-16(20)27)24(40)33-19-13-37-26(31)34-18(21-28(37,22(19)38)36-25(30)35-21)12-32-23(39)14-6-3-4-9-17(14)29/h3-9,18-19,21-22,38H,10-13H2,1-2H3,(H2,31,34)(H,32,39)(H,33,40)(H3,30,35,36)/t18-,19?,21?,22+,28?/m0/s1. The highest BCUT2D eigenvalue weighted by Gasteiger charge is 2.66. The summed E-state index contributed by atoms with van der Waals surface area (Å²) in [6.45, 7) is 4.77. The van der Waals surface area contributed by atoms with Crippen molar-refractivity contribution in [2.75, 3.05) is 19.7 Å². The topological polar surface area (TPSA) is 175 Å². The third-order valence-corrected chi connectivity index (χ3v) is 8.63. The summed E-state index contributed by atoms with van der Waals surface area (Å²) in [4.78, 5) is 27.8. The number of ether oxygens (including phenoxy) is 1. The lowest BCUT2D eigenvalue weighted by atomic mass is 9.79. The molecule has 0 aromatic heterocycles. The summed E-state index contributed by atoms with van der Waals surface area (Å²) in [5.41, 5.74) is -0.297. The first-order chi connectivity index (χ1) is 19.5. The fraction of sp³-hybridized carbons (Fsp3) is 0.429. The van der Waals surface area contributed by atoms with Crippen molar-refractivity contribution in [2.45, 2.75) is 55.6 Å². The van der Waals surface area contributed by atoms with Gasteiger partial charge in [-0.25, -0.2) is 4.39 Å². The van der Waals surface area contributed by atoms with Gasteiger partial charge in [-0.05, 0) is 30.0 Å². The summed E-state index contributed by atoms with van der Waals surface area (Å²) in [7, 11) is 0. The van der Waals surface area contributed by atoms with Crippen molar-refractivity contribution in [1.29, 1.82) is 10.8 Å². The van der Waals surface area contributed by atoms with Gasteiger partial charge < -0.3 is 41.3 Å². The Balaban J connectivity index is 1.23. The molecule has 216 valence electrons. The first-order valence-corrected chi connectivity index (χ1v) is 13.6. The molecule has 2 aromatic rings. The molecule has 12 nitrogen and oxygen atoms in total. The van der Waals surface area contributed by atoms with Crippen LogP contribution >= 0.6 is 0 Å². The number of nitrogens with one attached hydrogen (secondary N) is 7. The van der Waals surface area contributed by atoms with E-state index in [4.69, 9.17) is 15.6 Å². The van der Waals surface area contributed by atoms with E-state index in [1.807, 2.05) is 12.1 Å². The molecular weight excluding hydrogens is 531 g/mol. The molecule has 3 unspecified atom stereocenters. The van der Waals surface area contributed by atoms with Crippen molar-refractivity contribution >= 4 is 23.7 Å². The largest absolute Gasteiger partial charge is 0.492 e. The molecule has 0 saturated carbocycles. The Morgan fingerprint density at radius 3 is 2.66 bits per heavy atom. The average molecular weight is 565 g/mol. The number of guanidine groups is 2. The van der Waals surface area contributed by atoms with Gasteiger partial charge in [0.1, 0.15) is 17.7 Å². The molecule has 2 amide bonds. The van der Waals surface area contributed by atoms with Crippen molar-refractivity contribution in [2.24, 2.45) is 0 Å². The molecule has 1 spiro atoms. The smallest absolute Gasteiger partial charge is 0.255 e. The monoisotopic (exact) mass is 564 g/mol. The van der Waals surface area contributed by atoms with E-state index in [1.54, 1.807) is 17.0 Å². The van der Waals surface area contributed by atoms with Crippen LogP contribution in [0.4, 0.5) is 4.39 Å². The van der Waals surface area contributed by atoms with Crippen LogP contribution < -0.4 is 31.3 Å². The first-order valence-electron chi connectivity index (χ1n) is 13.6. The lowest BCUT2D eigenvalue weighted by Gasteiger charge is -2.49. The molecule has 0 aliphatic carbocycles. The van der Waals surface area contributed by atoms with Crippen LogP contribution in [0.3, 0.4) is 0 Å². The molecule has 8 N–H and O–H groups in total. The van der Waals surface area contributed by atoms with Crippen LogP contribution in [-0.4, -0.2) is 83.3 Å². The normalized spacial score (nSPS) is 29.1. The van der Waals surface area contributed by atoms with Crippen LogP contribution in [0.2, 0.25) is 0 Å². The van der Waals surface area contributed by atoms with Gasteiger partial charge in [0, 0.05) is 18.7 Å². The maximum atomic E-state index is 14.1. The maximum absolute atomic E-state index is 14.1. The lowest BCUT2D eigenvalue weighted by molar-refractivity contribution is 0.00611. The number of hydrogen-bond donors (Lipinski definition) is 8. The highest BCUT2D eigenvalue weighted by atomic mass is 19.1. The van der Waals surface area contributed by atoms with Gasteiger partial charge in [-0.15, -0.1) is 0 Å². The van der Waals surface area contributed by atoms with E-state index in [0.29, 0.717) is 17.9 Å². The lowest BCUT2D eigenvalue weighted by Crippen LogP contribution is -2.78. The molecule has 5 atom stereocenters. The van der Waals surface area contributed by atoms with E-state index in [2.05, 4.69) is 40.4 Å². The quantitative estimate of drug-likeness (QED) is 0.254. The van der Waals surface area contributed by atoms with E-state index in [-0.39, 0.29) is 36.0 Å². The van der Waals surface area contributed by atoms with E-state index in [9.17, 15) is 19.1 Å². The number of hydrogen-bond acceptors (Lipinski definition) is 6. The van der Waals surface area contributed by atoms with Crippen molar-refractivity contribution in [3.8, 4) is 5.75 Å². The number of amides is 2. The van der Waals surface area contributed by atoms with Gasteiger partial charge in [-0.2, -0.15) is 0 Å². The summed E-state index contributed by atoms with van der Waals surface area (Å²) < 4.78 is 20.0. The van der Waals surface area contributed by atoms with Crippen molar-refractivity contribution < 1.29 is 23.8 Å². The Labute approximate surface area is 236 Å². The second kappa shape index (κ2) is 9.61. The number of para-hydroxylation sites is 1. The number of benzene rings is 2. The van der Waals surface area contributed by atoms with Gasteiger partial charge in [0.25, 0.3) is 11.8 Å². The van der Waals surface area contributed by atoms with Crippen LogP contribution in [0, 0.1) is 16.6 Å². The predicted molar refractivity (Wildman–Crippen MR) is 147 cm³/mol. The number of rotatable bonds is 5. The molecule has 2 aromatic carbocycles. The summed E-state index contributed by atoms with van der Waals surface area (Å²) in [6.07, 6.45) is -0.414. The first kappa shape index (κ1) is 26.8. The number of carbonyl (C=O) groups excluding carboxylic acids is 2. The van der Waals surface area contributed by atoms with Gasteiger partial charge in [-0.3, -0.25) is 20.4 Å². The van der Waals surface area contributed by atoms with Crippen molar-refractivity contribution in [1.82, 2.24) is 31.5 Å². The molecule has 3 saturated heterocycles. The molecule has 4 aliphatic heterocycles. The molecule has 13 heteroatoms. The molecule has 0 radical (unpaired) electrons. The Hall–Kier alpha value is -4.39. The van der Waals surface area contributed by atoms with Crippen molar-refractivity contribution in [3.63, 3.8) is 0 Å². The minimum Gasteiger partial charge on any atom is -0.492 e. The minimum atomic E-state index is -1.35. The van der Waals surface area contributed by atoms with E-state index in [0.717, 1.165) is 12.0 Å². The summed E-state index contributed by atoms with van der Waals surface area (Å²) in [6, 6.07) is 8.95. The van der Waals surface area contributed by atoms with E-state index in [1.165, 1.54) is 18.2 Å². The zero-order chi connectivity index (χ0) is 29.1. The zero-order valence-electron chi connectivity index (χ0n) is 22.7. The van der Waals surface area contributed by atoms with Crippen molar-refractivity contribution in [3.05, 3.63) is 65.0 Å². The van der Waals surface area contributed by atoms with E-state index >= 15 is 0 Å². The summed E-state index contributed by atoms with van der Waals surface area (Å²) in [5, 5.41) is 43.3. The van der Waals surface area contributed by atoms with Gasteiger partial charge >= 0.3 is 0 Å². The second-order valence-corrected chi connectivity index (χ2v) is 11.5. The second-order valence-electron chi connectivity index (χ2n) is 11.5. The Morgan fingerprint density at radius 2 is 1.88 bits per heavy atom. The predicted octanol–water partition coefficient (Wildman–Crippen LogP) is 0.190.